The van der Waals surface area contributed by atoms with Gasteiger partial charge in [-0.15, -0.1) is 5.10 Å². The van der Waals surface area contributed by atoms with Crippen LogP contribution in [0.3, 0.4) is 0 Å². The molecule has 2 aromatic heterocycles. The Kier molecular flexibility index (Phi) is 2.61. The quantitative estimate of drug-likeness (QED) is 0.695. The standard InChI is InChI=1S/C11H8ClN5S/c1-6-4-7(12)2-3-8(6)17-10-9(15-16-17)11(18)14-5-13-10/h2-5H,1H3,(H,13,14,18). The Morgan fingerprint density at radius 2 is 2.22 bits per heavy atom. The number of fused-ring (bicyclic) bond motifs is 1. The first-order valence-corrected chi connectivity index (χ1v) is 6.01. The van der Waals surface area contributed by atoms with Crippen molar-refractivity contribution < 1.29 is 0 Å². The van der Waals surface area contributed by atoms with Crippen LogP contribution in [0.1, 0.15) is 5.56 Å². The van der Waals surface area contributed by atoms with Crippen LogP contribution in [0.4, 0.5) is 0 Å². The van der Waals surface area contributed by atoms with Gasteiger partial charge in [-0.2, -0.15) is 4.68 Å². The molecule has 0 unspecified atom stereocenters. The van der Waals surface area contributed by atoms with Crippen LogP contribution >= 0.6 is 23.8 Å². The second-order valence-corrected chi connectivity index (χ2v) is 4.66. The number of H-pyrrole nitrogens is 1. The van der Waals surface area contributed by atoms with Gasteiger partial charge in [-0.1, -0.05) is 29.0 Å². The molecule has 0 aliphatic carbocycles. The first kappa shape index (κ1) is 11.3. The highest BCUT2D eigenvalue weighted by Gasteiger charge is 2.10. The van der Waals surface area contributed by atoms with E-state index >= 15 is 0 Å². The van der Waals surface area contributed by atoms with Crippen molar-refractivity contribution in [2.75, 3.05) is 0 Å². The monoisotopic (exact) mass is 277 g/mol. The summed E-state index contributed by atoms with van der Waals surface area (Å²) in [6, 6.07) is 5.58. The van der Waals surface area contributed by atoms with Crippen molar-refractivity contribution in [3.8, 4) is 5.69 Å². The number of nitrogens with one attached hydrogen (secondary N) is 1. The van der Waals surface area contributed by atoms with Crippen molar-refractivity contribution >= 4 is 35.0 Å². The van der Waals surface area contributed by atoms with E-state index < -0.39 is 0 Å². The molecule has 3 aromatic rings. The molecule has 0 aliphatic rings. The maximum absolute atomic E-state index is 5.94. The molecular weight excluding hydrogens is 270 g/mol. The topological polar surface area (TPSA) is 59.4 Å². The van der Waals surface area contributed by atoms with Crippen LogP contribution in [-0.2, 0) is 0 Å². The van der Waals surface area contributed by atoms with E-state index in [1.54, 1.807) is 4.68 Å². The lowest BCUT2D eigenvalue weighted by Gasteiger charge is -2.06. The average molecular weight is 278 g/mol. The van der Waals surface area contributed by atoms with Gasteiger partial charge < -0.3 is 4.98 Å². The van der Waals surface area contributed by atoms with Gasteiger partial charge in [0.2, 0.25) is 0 Å². The SMILES string of the molecule is Cc1cc(Cl)ccc1-n1nnc2c(=S)nc[nH]c21. The van der Waals surface area contributed by atoms with E-state index in [0.29, 0.717) is 15.2 Å². The number of nitrogens with zero attached hydrogens (tertiary/aromatic N) is 4. The van der Waals surface area contributed by atoms with Crippen molar-refractivity contribution in [1.29, 1.82) is 0 Å². The number of aromatic amines is 1. The van der Waals surface area contributed by atoms with Gasteiger partial charge in [0.05, 0.1) is 12.0 Å². The van der Waals surface area contributed by atoms with Gasteiger partial charge in [-0.25, -0.2) is 4.98 Å². The summed E-state index contributed by atoms with van der Waals surface area (Å²) in [5.41, 5.74) is 3.21. The molecule has 1 N–H and O–H groups in total. The first-order valence-electron chi connectivity index (χ1n) is 5.22. The van der Waals surface area contributed by atoms with Gasteiger partial charge in [0.1, 0.15) is 0 Å². The Balaban J connectivity index is 2.32. The minimum atomic E-state index is 0.432. The number of rotatable bonds is 1. The number of aryl methyl sites for hydroxylation is 1. The molecule has 0 atom stereocenters. The van der Waals surface area contributed by atoms with E-state index in [0.717, 1.165) is 16.9 Å². The zero-order chi connectivity index (χ0) is 12.7. The van der Waals surface area contributed by atoms with E-state index in [-0.39, 0.29) is 0 Å². The van der Waals surface area contributed by atoms with E-state index in [9.17, 15) is 0 Å². The Morgan fingerprint density at radius 1 is 1.39 bits per heavy atom. The smallest absolute Gasteiger partial charge is 0.167 e. The summed E-state index contributed by atoms with van der Waals surface area (Å²) in [5, 5.41) is 8.83. The molecule has 5 nitrogen and oxygen atoms in total. The summed E-state index contributed by atoms with van der Waals surface area (Å²) in [7, 11) is 0. The van der Waals surface area contributed by atoms with Gasteiger partial charge in [0.25, 0.3) is 0 Å². The summed E-state index contributed by atoms with van der Waals surface area (Å²) in [4.78, 5) is 6.98. The fourth-order valence-electron chi connectivity index (χ4n) is 1.79. The third-order valence-electron chi connectivity index (χ3n) is 2.64. The van der Waals surface area contributed by atoms with E-state index in [1.807, 2.05) is 25.1 Å². The number of hydrogen-bond donors (Lipinski definition) is 1. The van der Waals surface area contributed by atoms with Crippen LogP contribution in [0.25, 0.3) is 16.9 Å². The summed E-state index contributed by atoms with van der Waals surface area (Å²) in [6.45, 7) is 1.96. The van der Waals surface area contributed by atoms with Crippen LogP contribution in [0.5, 0.6) is 0 Å². The van der Waals surface area contributed by atoms with Crippen LogP contribution < -0.4 is 0 Å². The highest BCUT2D eigenvalue weighted by Crippen LogP contribution is 2.20. The highest BCUT2D eigenvalue weighted by atomic mass is 35.5. The maximum atomic E-state index is 5.94. The molecule has 2 heterocycles. The molecule has 7 heteroatoms. The number of benzene rings is 1. The van der Waals surface area contributed by atoms with Crippen molar-refractivity contribution in [1.82, 2.24) is 25.0 Å². The Labute approximate surface area is 112 Å². The third kappa shape index (κ3) is 1.70. The van der Waals surface area contributed by atoms with Crippen LogP contribution in [-0.4, -0.2) is 25.0 Å². The molecule has 18 heavy (non-hydrogen) atoms. The molecule has 90 valence electrons. The van der Waals surface area contributed by atoms with Gasteiger partial charge in [-0.3, -0.25) is 0 Å². The van der Waals surface area contributed by atoms with E-state index in [4.69, 9.17) is 23.8 Å². The predicted molar refractivity (Wildman–Crippen MR) is 71.6 cm³/mol. The average Bonchev–Trinajstić information content (AvgIpc) is 2.74. The lowest BCUT2D eigenvalue weighted by atomic mass is 10.2. The maximum Gasteiger partial charge on any atom is 0.167 e. The second kappa shape index (κ2) is 4.15. The number of hydrogen-bond acceptors (Lipinski definition) is 4. The highest BCUT2D eigenvalue weighted by molar-refractivity contribution is 7.71. The summed E-state index contributed by atoms with van der Waals surface area (Å²) >= 11 is 11.0. The molecule has 0 saturated heterocycles. The summed E-state index contributed by atoms with van der Waals surface area (Å²) in [6.07, 6.45) is 1.54. The zero-order valence-corrected chi connectivity index (χ0v) is 11.0. The van der Waals surface area contributed by atoms with Crippen LogP contribution in [0, 0.1) is 11.6 Å². The minimum Gasteiger partial charge on any atom is -0.329 e. The predicted octanol–water partition coefficient (Wildman–Crippen LogP) is 2.83. The second-order valence-electron chi connectivity index (χ2n) is 3.84. The minimum absolute atomic E-state index is 0.432. The van der Waals surface area contributed by atoms with Gasteiger partial charge in [-0.05, 0) is 30.7 Å². The molecule has 0 fully saturated rings. The van der Waals surface area contributed by atoms with Crippen molar-refractivity contribution in [2.24, 2.45) is 0 Å². The molecule has 3 rings (SSSR count). The van der Waals surface area contributed by atoms with Gasteiger partial charge >= 0.3 is 0 Å². The Hall–Kier alpha value is -1.79. The Morgan fingerprint density at radius 3 is 3.00 bits per heavy atom. The van der Waals surface area contributed by atoms with Gasteiger partial charge in [0, 0.05) is 5.02 Å². The van der Waals surface area contributed by atoms with Crippen LogP contribution in [0.15, 0.2) is 24.5 Å². The number of halogens is 1. The van der Waals surface area contributed by atoms with Crippen molar-refractivity contribution in [3.05, 3.63) is 39.8 Å². The molecular formula is C11H8ClN5S. The number of aromatic nitrogens is 5. The van der Waals surface area contributed by atoms with E-state index in [1.165, 1.54) is 6.33 Å². The first-order chi connectivity index (χ1) is 8.66. The lowest BCUT2D eigenvalue weighted by Crippen LogP contribution is -2.00. The zero-order valence-electron chi connectivity index (χ0n) is 9.38. The van der Waals surface area contributed by atoms with Crippen molar-refractivity contribution in [2.45, 2.75) is 6.92 Å². The molecule has 0 saturated carbocycles. The normalized spacial score (nSPS) is 11.0. The molecule has 0 radical (unpaired) electrons. The van der Waals surface area contributed by atoms with Crippen LogP contribution in [0.2, 0.25) is 5.02 Å². The van der Waals surface area contributed by atoms with Gasteiger partial charge in [0.15, 0.2) is 15.8 Å². The Bertz CT molecular complexity index is 791. The molecule has 1 aromatic carbocycles. The largest absolute Gasteiger partial charge is 0.329 e. The lowest BCUT2D eigenvalue weighted by molar-refractivity contribution is 0.812. The summed E-state index contributed by atoms with van der Waals surface area (Å²) in [5.74, 6) is 0. The molecule has 0 bridgehead atoms. The molecule has 0 aliphatic heterocycles. The fourth-order valence-corrected chi connectivity index (χ4v) is 2.21. The third-order valence-corrected chi connectivity index (χ3v) is 3.18. The molecule has 0 amide bonds. The summed E-state index contributed by atoms with van der Waals surface area (Å²) < 4.78 is 2.12. The van der Waals surface area contributed by atoms with E-state index in [2.05, 4.69) is 20.3 Å². The fraction of sp³-hybridized carbons (Fsp3) is 0.0909. The molecule has 0 spiro atoms. The van der Waals surface area contributed by atoms with Crippen molar-refractivity contribution in [3.63, 3.8) is 0 Å².